The number of carbonyl (C=O) groups is 1. The summed E-state index contributed by atoms with van der Waals surface area (Å²) in [6.45, 7) is 5.29. The molecule has 1 atom stereocenters. The van der Waals surface area contributed by atoms with Crippen LogP contribution in [0, 0.1) is 11.8 Å². The van der Waals surface area contributed by atoms with Crippen molar-refractivity contribution in [3.05, 3.63) is 0 Å². The van der Waals surface area contributed by atoms with Crippen LogP contribution in [0.2, 0.25) is 0 Å². The molecule has 0 bridgehead atoms. The molecule has 2 fully saturated rings. The fourth-order valence-corrected chi connectivity index (χ4v) is 2.87. The van der Waals surface area contributed by atoms with E-state index in [1.165, 1.54) is 25.7 Å². The summed E-state index contributed by atoms with van der Waals surface area (Å²) in [6.07, 6.45) is 7.19. The molecule has 0 aromatic heterocycles. The maximum Gasteiger partial charge on any atom is 0.223 e. The summed E-state index contributed by atoms with van der Waals surface area (Å²) in [7, 11) is 0. The predicted molar refractivity (Wildman–Crippen MR) is 69.8 cm³/mol. The van der Waals surface area contributed by atoms with Gasteiger partial charge in [-0.1, -0.05) is 13.8 Å². The minimum Gasteiger partial charge on any atom is -0.353 e. The Labute approximate surface area is 105 Å². The molecule has 2 saturated carbocycles. The lowest BCUT2D eigenvalue weighted by Gasteiger charge is -2.30. The second kappa shape index (κ2) is 5.85. The first-order valence-electron chi connectivity index (χ1n) is 7.24. The molecule has 2 aliphatic rings. The van der Waals surface area contributed by atoms with Gasteiger partial charge in [0.05, 0.1) is 0 Å². The Morgan fingerprint density at radius 3 is 2.24 bits per heavy atom. The highest BCUT2D eigenvalue weighted by Gasteiger charge is 2.33. The van der Waals surface area contributed by atoms with Crippen molar-refractivity contribution >= 4 is 5.91 Å². The highest BCUT2D eigenvalue weighted by molar-refractivity contribution is 5.79. The maximum absolute atomic E-state index is 12.0. The first kappa shape index (κ1) is 12.9. The van der Waals surface area contributed by atoms with E-state index in [4.69, 9.17) is 0 Å². The van der Waals surface area contributed by atoms with Crippen molar-refractivity contribution in [2.24, 2.45) is 11.8 Å². The van der Waals surface area contributed by atoms with Crippen LogP contribution in [-0.2, 0) is 4.79 Å². The van der Waals surface area contributed by atoms with Crippen molar-refractivity contribution < 1.29 is 4.79 Å². The minimum atomic E-state index is 0.237. The van der Waals surface area contributed by atoms with Gasteiger partial charge in [-0.05, 0) is 51.0 Å². The van der Waals surface area contributed by atoms with Crippen molar-refractivity contribution in [3.63, 3.8) is 0 Å². The highest BCUT2D eigenvalue weighted by atomic mass is 16.1. The third kappa shape index (κ3) is 3.70. The lowest BCUT2D eigenvalue weighted by molar-refractivity contribution is -0.126. The maximum atomic E-state index is 12.0. The molecule has 2 rings (SSSR count). The molecular weight excluding hydrogens is 212 g/mol. The second-order valence-corrected chi connectivity index (χ2v) is 5.74. The molecule has 0 aromatic rings. The van der Waals surface area contributed by atoms with Crippen molar-refractivity contribution in [1.82, 2.24) is 10.6 Å². The zero-order valence-electron chi connectivity index (χ0n) is 11.2. The average molecular weight is 238 g/mol. The lowest BCUT2D eigenvalue weighted by Crippen LogP contribution is -2.44. The molecule has 0 spiro atoms. The molecule has 17 heavy (non-hydrogen) atoms. The van der Waals surface area contributed by atoms with Crippen LogP contribution in [0.15, 0.2) is 0 Å². The summed E-state index contributed by atoms with van der Waals surface area (Å²) in [5, 5.41) is 6.73. The van der Waals surface area contributed by atoms with E-state index in [1.54, 1.807) is 0 Å². The molecule has 0 aliphatic heterocycles. The fraction of sp³-hybridized carbons (Fsp3) is 0.929. The molecule has 0 radical (unpaired) electrons. The lowest BCUT2D eigenvalue weighted by atomic mass is 9.90. The van der Waals surface area contributed by atoms with E-state index in [1.807, 2.05) is 0 Å². The van der Waals surface area contributed by atoms with Gasteiger partial charge in [-0.25, -0.2) is 0 Å². The summed E-state index contributed by atoms with van der Waals surface area (Å²) in [5.74, 6) is 1.20. The van der Waals surface area contributed by atoms with E-state index in [9.17, 15) is 4.79 Å². The highest BCUT2D eigenvalue weighted by Crippen LogP contribution is 2.36. The average Bonchev–Trinajstić information content (AvgIpc) is 3.15. The minimum absolute atomic E-state index is 0.237. The van der Waals surface area contributed by atoms with Gasteiger partial charge in [0.2, 0.25) is 5.91 Å². The third-order valence-electron chi connectivity index (χ3n) is 4.31. The van der Waals surface area contributed by atoms with Crippen LogP contribution in [0.1, 0.15) is 52.4 Å². The topological polar surface area (TPSA) is 41.1 Å². The van der Waals surface area contributed by atoms with Gasteiger partial charge in [0.15, 0.2) is 0 Å². The molecule has 2 aliphatic carbocycles. The summed E-state index contributed by atoms with van der Waals surface area (Å²) >= 11 is 0. The van der Waals surface area contributed by atoms with Crippen molar-refractivity contribution in [2.75, 3.05) is 6.54 Å². The molecule has 98 valence electrons. The molecule has 0 aromatic carbocycles. The molecule has 1 unspecified atom stereocenters. The predicted octanol–water partition coefficient (Wildman–Crippen LogP) is 2.07. The van der Waals surface area contributed by atoms with Gasteiger partial charge in [-0.3, -0.25) is 4.79 Å². The Kier molecular flexibility index (Phi) is 4.43. The zero-order chi connectivity index (χ0) is 12.3. The smallest absolute Gasteiger partial charge is 0.223 e. The summed E-state index contributed by atoms with van der Waals surface area (Å²) in [4.78, 5) is 12.0. The van der Waals surface area contributed by atoms with E-state index in [-0.39, 0.29) is 5.92 Å². The van der Waals surface area contributed by atoms with Gasteiger partial charge in [-0.15, -0.1) is 0 Å². The monoisotopic (exact) mass is 238 g/mol. The van der Waals surface area contributed by atoms with Crippen LogP contribution in [-0.4, -0.2) is 24.5 Å². The van der Waals surface area contributed by atoms with Crippen LogP contribution in [0.25, 0.3) is 0 Å². The van der Waals surface area contributed by atoms with Gasteiger partial charge >= 0.3 is 0 Å². The number of rotatable bonds is 5. The number of nitrogens with one attached hydrogen (secondary N) is 2. The summed E-state index contributed by atoms with van der Waals surface area (Å²) < 4.78 is 0. The number of hydrogen-bond donors (Lipinski definition) is 2. The van der Waals surface area contributed by atoms with E-state index in [0.717, 1.165) is 19.4 Å². The molecular formula is C14H26N2O. The van der Waals surface area contributed by atoms with E-state index in [2.05, 4.69) is 24.5 Å². The fourth-order valence-electron chi connectivity index (χ4n) is 2.87. The molecule has 0 saturated heterocycles. The van der Waals surface area contributed by atoms with Gasteiger partial charge in [-0.2, -0.15) is 0 Å². The molecule has 3 heteroatoms. The molecule has 1 amide bonds. The van der Waals surface area contributed by atoms with Crippen molar-refractivity contribution in [3.8, 4) is 0 Å². The van der Waals surface area contributed by atoms with Gasteiger partial charge in [0, 0.05) is 18.0 Å². The third-order valence-corrected chi connectivity index (χ3v) is 4.31. The van der Waals surface area contributed by atoms with Crippen LogP contribution in [0.5, 0.6) is 0 Å². The van der Waals surface area contributed by atoms with Crippen LogP contribution in [0.3, 0.4) is 0 Å². The molecule has 2 N–H and O–H groups in total. The first-order valence-corrected chi connectivity index (χ1v) is 7.24. The largest absolute Gasteiger partial charge is 0.353 e. The standard InChI is InChI=1S/C14H26N2O/c1-3-15-12-6-8-13(9-7-12)16-14(17)10(2)11-4-5-11/h10-13,15H,3-9H2,1-2H3,(H,16,17). The van der Waals surface area contributed by atoms with Crippen LogP contribution < -0.4 is 10.6 Å². The SMILES string of the molecule is CCNC1CCC(NC(=O)C(C)C2CC2)CC1. The van der Waals surface area contributed by atoms with Crippen LogP contribution >= 0.6 is 0 Å². The zero-order valence-corrected chi connectivity index (χ0v) is 11.2. The normalized spacial score (nSPS) is 30.9. The quantitative estimate of drug-likeness (QED) is 0.770. The van der Waals surface area contributed by atoms with Gasteiger partial charge in [0.25, 0.3) is 0 Å². The van der Waals surface area contributed by atoms with E-state index >= 15 is 0 Å². The van der Waals surface area contributed by atoms with E-state index in [0.29, 0.717) is 23.9 Å². The number of amides is 1. The second-order valence-electron chi connectivity index (χ2n) is 5.74. The Bertz CT molecular complexity index is 255. The van der Waals surface area contributed by atoms with Crippen LogP contribution in [0.4, 0.5) is 0 Å². The Morgan fingerprint density at radius 2 is 1.71 bits per heavy atom. The Morgan fingerprint density at radius 1 is 1.12 bits per heavy atom. The Balaban J connectivity index is 1.68. The van der Waals surface area contributed by atoms with Crippen molar-refractivity contribution in [1.29, 1.82) is 0 Å². The Hall–Kier alpha value is -0.570. The summed E-state index contributed by atoms with van der Waals surface area (Å²) in [6, 6.07) is 1.10. The van der Waals surface area contributed by atoms with Gasteiger partial charge in [0.1, 0.15) is 0 Å². The molecule has 0 heterocycles. The number of carbonyl (C=O) groups excluding carboxylic acids is 1. The molecule has 3 nitrogen and oxygen atoms in total. The van der Waals surface area contributed by atoms with E-state index < -0.39 is 0 Å². The number of hydrogen-bond acceptors (Lipinski definition) is 2. The first-order chi connectivity index (χ1) is 8.20. The van der Waals surface area contributed by atoms with Gasteiger partial charge < -0.3 is 10.6 Å². The van der Waals surface area contributed by atoms with Crippen molar-refractivity contribution in [2.45, 2.75) is 64.5 Å². The summed E-state index contributed by atoms with van der Waals surface area (Å²) in [5.41, 5.74) is 0.